The highest BCUT2D eigenvalue weighted by atomic mass is 19.1. The first kappa shape index (κ1) is 21.6. The molecule has 4 aromatic rings. The fraction of sp³-hybridized carbons (Fsp3) is 0.240. The summed E-state index contributed by atoms with van der Waals surface area (Å²) in [5, 5.41) is 17.9. The Labute approximate surface area is 195 Å². The van der Waals surface area contributed by atoms with Crippen LogP contribution >= 0.6 is 0 Å². The molecule has 7 nitrogen and oxygen atoms in total. The van der Waals surface area contributed by atoms with Gasteiger partial charge in [-0.25, -0.2) is 9.37 Å². The van der Waals surface area contributed by atoms with E-state index in [1.54, 1.807) is 30.1 Å². The predicted molar refractivity (Wildman–Crippen MR) is 123 cm³/mol. The van der Waals surface area contributed by atoms with Gasteiger partial charge in [0.1, 0.15) is 12.4 Å². The van der Waals surface area contributed by atoms with E-state index >= 15 is 4.39 Å². The van der Waals surface area contributed by atoms with Crippen LogP contribution in [0.15, 0.2) is 61.3 Å². The Balaban J connectivity index is 1.58. The second-order valence-electron chi connectivity index (χ2n) is 8.36. The van der Waals surface area contributed by atoms with E-state index in [0.29, 0.717) is 35.7 Å². The Morgan fingerprint density at radius 1 is 1.06 bits per heavy atom. The lowest BCUT2D eigenvalue weighted by atomic mass is 9.89. The molecule has 1 fully saturated rings. The van der Waals surface area contributed by atoms with Crippen molar-refractivity contribution in [1.82, 2.24) is 24.7 Å². The van der Waals surface area contributed by atoms with E-state index in [1.807, 2.05) is 29.2 Å². The maximum atomic E-state index is 15.8. The minimum absolute atomic E-state index is 0.204. The molecule has 170 valence electrons. The van der Waals surface area contributed by atoms with Gasteiger partial charge >= 0.3 is 0 Å². The lowest BCUT2D eigenvalue weighted by Gasteiger charge is -2.38. The van der Waals surface area contributed by atoms with Crippen LogP contribution in [0.4, 0.5) is 14.5 Å². The summed E-state index contributed by atoms with van der Waals surface area (Å²) in [6.45, 7) is 0.762. The third-order valence-corrected chi connectivity index (χ3v) is 6.25. The summed E-state index contributed by atoms with van der Waals surface area (Å²) in [6, 6.07) is 12.7. The normalized spacial score (nSPS) is 15.2. The van der Waals surface area contributed by atoms with Crippen molar-refractivity contribution in [2.24, 2.45) is 7.05 Å². The number of benzene rings is 1. The number of anilines is 1. The summed E-state index contributed by atoms with van der Waals surface area (Å²) in [5.41, 5.74) is 2.60. The van der Waals surface area contributed by atoms with Crippen molar-refractivity contribution < 1.29 is 8.78 Å². The van der Waals surface area contributed by atoms with Crippen LogP contribution in [0, 0.1) is 17.3 Å². The van der Waals surface area contributed by atoms with Gasteiger partial charge in [-0.3, -0.25) is 4.98 Å². The van der Waals surface area contributed by atoms with Gasteiger partial charge in [-0.2, -0.15) is 9.65 Å². The van der Waals surface area contributed by atoms with E-state index < -0.39 is 11.6 Å². The number of hydrogen-bond donors (Lipinski definition) is 0. The zero-order valence-electron chi connectivity index (χ0n) is 18.5. The van der Waals surface area contributed by atoms with E-state index in [2.05, 4.69) is 26.2 Å². The van der Waals surface area contributed by atoms with Crippen molar-refractivity contribution in [1.29, 1.82) is 5.26 Å². The van der Waals surface area contributed by atoms with Gasteiger partial charge in [-0.05, 0) is 35.9 Å². The average molecular weight is 457 g/mol. The number of rotatable bonds is 4. The van der Waals surface area contributed by atoms with E-state index in [-0.39, 0.29) is 12.8 Å². The molecule has 0 radical (unpaired) electrons. The van der Waals surface area contributed by atoms with Crippen molar-refractivity contribution >= 4 is 5.69 Å². The van der Waals surface area contributed by atoms with Gasteiger partial charge in [0.05, 0.1) is 11.3 Å². The summed E-state index contributed by atoms with van der Waals surface area (Å²) in [7, 11) is 1.73. The highest BCUT2D eigenvalue weighted by molar-refractivity contribution is 5.87. The highest BCUT2D eigenvalue weighted by Gasteiger charge is 2.41. The smallest absolute Gasteiger partial charge is 0.212 e. The number of halogens is 2. The van der Waals surface area contributed by atoms with Crippen LogP contribution in [0.5, 0.6) is 0 Å². The number of hydrogen-bond acceptors (Lipinski definition) is 6. The molecule has 3 aromatic heterocycles. The number of nitriles is 1. The van der Waals surface area contributed by atoms with Gasteiger partial charge in [-0.1, -0.05) is 6.07 Å². The molecule has 0 N–H and O–H groups in total. The number of pyridine rings is 2. The van der Waals surface area contributed by atoms with Gasteiger partial charge in [0.15, 0.2) is 11.5 Å². The Kier molecular flexibility index (Phi) is 5.49. The lowest BCUT2D eigenvalue weighted by Crippen LogP contribution is -2.42. The Hall–Kier alpha value is -4.19. The molecule has 0 saturated carbocycles. The van der Waals surface area contributed by atoms with Gasteiger partial charge in [0, 0.05) is 68.3 Å². The van der Waals surface area contributed by atoms with Crippen molar-refractivity contribution in [2.75, 3.05) is 18.0 Å². The van der Waals surface area contributed by atoms with E-state index in [4.69, 9.17) is 0 Å². The van der Waals surface area contributed by atoms with Gasteiger partial charge in [-0.15, -0.1) is 10.2 Å². The van der Waals surface area contributed by atoms with Gasteiger partial charge < -0.3 is 9.47 Å². The number of piperidine rings is 1. The third kappa shape index (κ3) is 3.88. The molecule has 0 spiro atoms. The van der Waals surface area contributed by atoms with Crippen molar-refractivity contribution in [2.45, 2.75) is 18.5 Å². The minimum Gasteiger partial charge on any atom is -0.370 e. The van der Waals surface area contributed by atoms with Gasteiger partial charge in [0.25, 0.3) is 0 Å². The predicted octanol–water partition coefficient (Wildman–Crippen LogP) is 4.42. The molecule has 1 aliphatic heterocycles. The van der Waals surface area contributed by atoms with Crippen LogP contribution in [0.2, 0.25) is 0 Å². The maximum Gasteiger partial charge on any atom is 0.212 e. The molecule has 0 unspecified atom stereocenters. The molecule has 0 aliphatic carbocycles. The van der Waals surface area contributed by atoms with E-state index in [1.165, 1.54) is 18.6 Å². The lowest BCUT2D eigenvalue weighted by molar-refractivity contribution is 0.109. The summed E-state index contributed by atoms with van der Waals surface area (Å²) < 4.78 is 30.9. The molecule has 4 heterocycles. The first-order valence-corrected chi connectivity index (χ1v) is 10.9. The fourth-order valence-electron chi connectivity index (χ4n) is 4.51. The zero-order valence-corrected chi connectivity index (χ0v) is 18.5. The molecule has 0 amide bonds. The first-order valence-electron chi connectivity index (χ1n) is 10.9. The number of aromatic nitrogens is 5. The zero-order chi connectivity index (χ0) is 23.7. The summed E-state index contributed by atoms with van der Waals surface area (Å²) >= 11 is 0. The number of aryl methyl sites for hydroxylation is 1. The van der Waals surface area contributed by atoms with Crippen LogP contribution in [0.1, 0.15) is 24.2 Å². The summed E-state index contributed by atoms with van der Waals surface area (Å²) in [4.78, 5) is 10.0. The van der Waals surface area contributed by atoms with Crippen LogP contribution in [0.3, 0.4) is 0 Å². The molecule has 0 bridgehead atoms. The van der Waals surface area contributed by atoms with E-state index in [9.17, 15) is 9.65 Å². The molecule has 34 heavy (non-hydrogen) atoms. The largest absolute Gasteiger partial charge is 0.370 e. The maximum absolute atomic E-state index is 15.8. The first-order chi connectivity index (χ1) is 16.5. The highest BCUT2D eigenvalue weighted by Crippen LogP contribution is 2.42. The van der Waals surface area contributed by atoms with E-state index in [0.717, 1.165) is 16.7 Å². The second kappa shape index (κ2) is 8.63. The molecule has 1 aliphatic rings. The molecule has 9 heteroatoms. The summed E-state index contributed by atoms with van der Waals surface area (Å²) in [5.74, 6) is -0.277. The second-order valence-corrected chi connectivity index (χ2v) is 8.36. The monoisotopic (exact) mass is 457 g/mol. The SMILES string of the molecule is Cn1cnnc1C1(F)CCN(c2c(C#N)cc(-c3cccnc3)cc2-c2ccc(F)nc2)CC1. The molecule has 1 aromatic carbocycles. The molecular formula is C25H21F2N7. The quantitative estimate of drug-likeness (QED) is 0.422. The van der Waals surface area contributed by atoms with Crippen molar-refractivity contribution in [3.05, 3.63) is 78.7 Å². The van der Waals surface area contributed by atoms with Gasteiger partial charge in [0.2, 0.25) is 5.95 Å². The molecule has 0 atom stereocenters. The Morgan fingerprint density at radius 2 is 1.88 bits per heavy atom. The van der Waals surface area contributed by atoms with Crippen LogP contribution < -0.4 is 4.90 Å². The molecule has 5 rings (SSSR count). The third-order valence-electron chi connectivity index (χ3n) is 6.25. The van der Waals surface area contributed by atoms with Crippen LogP contribution in [-0.4, -0.2) is 37.8 Å². The number of nitrogens with zero attached hydrogens (tertiary/aromatic N) is 7. The molecular weight excluding hydrogens is 436 g/mol. The number of alkyl halides is 1. The topological polar surface area (TPSA) is 83.5 Å². The van der Waals surface area contributed by atoms with Crippen molar-refractivity contribution in [3.63, 3.8) is 0 Å². The average Bonchev–Trinajstić information content (AvgIpc) is 3.32. The summed E-state index contributed by atoms with van der Waals surface area (Å²) in [6.07, 6.45) is 6.76. The minimum atomic E-state index is -1.60. The Morgan fingerprint density at radius 3 is 2.50 bits per heavy atom. The standard InChI is InChI=1S/C25H21F2N7/c1-33-16-31-32-24(33)25(27)6-9-34(10-7-25)23-20(13-28)11-19(17-3-2-8-29-14-17)12-21(23)18-4-5-22(26)30-15-18/h2-5,8,11-12,14-16H,6-7,9-10H2,1H3. The fourth-order valence-corrected chi connectivity index (χ4v) is 4.51. The van der Waals surface area contributed by atoms with Crippen LogP contribution in [0.25, 0.3) is 22.3 Å². The molecule has 1 saturated heterocycles. The van der Waals surface area contributed by atoms with Crippen molar-refractivity contribution in [3.8, 4) is 28.3 Å². The van der Waals surface area contributed by atoms with Crippen LogP contribution in [-0.2, 0) is 12.7 Å². The Bertz CT molecular complexity index is 1350.